The minimum atomic E-state index is -0.214. The van der Waals surface area contributed by atoms with Gasteiger partial charge in [-0.05, 0) is 65.0 Å². The molecule has 0 atom stereocenters. The van der Waals surface area contributed by atoms with Gasteiger partial charge in [0.1, 0.15) is 4.32 Å². The summed E-state index contributed by atoms with van der Waals surface area (Å²) in [6.07, 6.45) is 5.32. The van der Waals surface area contributed by atoms with E-state index in [1.165, 1.54) is 24.4 Å². The number of thioether (sulfide) groups is 1. The molecule has 0 N–H and O–H groups in total. The second-order valence-corrected chi connectivity index (χ2v) is 10.6. The van der Waals surface area contributed by atoms with Crippen LogP contribution >= 0.6 is 39.9 Å². The minimum absolute atomic E-state index is 0.102. The molecular weight excluding hydrogens is 562 g/mol. The Kier molecular flexibility index (Phi) is 11.3. The van der Waals surface area contributed by atoms with Crippen molar-refractivity contribution in [3.8, 4) is 11.5 Å². The molecule has 1 saturated heterocycles. The molecule has 1 aliphatic rings. The van der Waals surface area contributed by atoms with Crippen LogP contribution in [0.2, 0.25) is 0 Å². The maximum Gasteiger partial charge on any atom is 0.305 e. The second-order valence-electron chi connectivity index (χ2n) is 8.07. The second kappa shape index (κ2) is 14.4. The van der Waals surface area contributed by atoms with Gasteiger partial charge in [-0.1, -0.05) is 60.7 Å². The number of amides is 1. The first-order valence-corrected chi connectivity index (χ1v) is 13.9. The van der Waals surface area contributed by atoms with Gasteiger partial charge in [-0.25, -0.2) is 0 Å². The van der Waals surface area contributed by atoms with E-state index in [0.717, 1.165) is 35.7 Å². The van der Waals surface area contributed by atoms with Crippen molar-refractivity contribution in [2.24, 2.45) is 0 Å². The number of methoxy groups -OCH3 is 1. The Morgan fingerprint density at radius 1 is 1.14 bits per heavy atom. The largest absolute Gasteiger partial charge is 0.490 e. The van der Waals surface area contributed by atoms with Crippen LogP contribution in [-0.2, 0) is 20.7 Å². The molecule has 3 rings (SSSR count). The molecule has 192 valence electrons. The van der Waals surface area contributed by atoms with Crippen molar-refractivity contribution in [3.63, 3.8) is 0 Å². The number of halogens is 1. The molecule has 0 radical (unpaired) electrons. The standard InChI is InChI=1S/C27H30BrNO5S2/c1-3-33-22-17-20(16-21(28)25(22)34-15-13-19-10-6-4-7-11-19)18-23-26(31)29(27(35)36-23)14-9-5-8-12-24(30)32-2/h4,6-7,10-11,16-18H,3,5,8-9,12-15H2,1-2H3/b23-18-. The summed E-state index contributed by atoms with van der Waals surface area (Å²) >= 11 is 10.4. The Morgan fingerprint density at radius 2 is 1.92 bits per heavy atom. The first-order valence-electron chi connectivity index (χ1n) is 11.9. The maximum absolute atomic E-state index is 13.0. The zero-order valence-corrected chi connectivity index (χ0v) is 23.7. The average Bonchev–Trinajstić information content (AvgIpc) is 3.13. The van der Waals surface area contributed by atoms with E-state index in [0.29, 0.717) is 46.9 Å². The summed E-state index contributed by atoms with van der Waals surface area (Å²) in [4.78, 5) is 26.4. The third-order valence-corrected chi connectivity index (χ3v) is 7.44. The van der Waals surface area contributed by atoms with Crippen molar-refractivity contribution in [1.29, 1.82) is 0 Å². The number of hydrogen-bond donors (Lipinski definition) is 0. The van der Waals surface area contributed by atoms with E-state index in [4.69, 9.17) is 21.7 Å². The molecule has 1 aliphatic heterocycles. The highest BCUT2D eigenvalue weighted by Gasteiger charge is 2.31. The van der Waals surface area contributed by atoms with Crippen molar-refractivity contribution in [1.82, 2.24) is 4.90 Å². The van der Waals surface area contributed by atoms with Crippen LogP contribution in [0.5, 0.6) is 11.5 Å². The van der Waals surface area contributed by atoms with Gasteiger partial charge in [-0.2, -0.15) is 0 Å². The van der Waals surface area contributed by atoms with Gasteiger partial charge in [0, 0.05) is 19.4 Å². The lowest BCUT2D eigenvalue weighted by Gasteiger charge is -2.15. The molecule has 0 aromatic heterocycles. The summed E-state index contributed by atoms with van der Waals surface area (Å²) in [5, 5.41) is 0. The maximum atomic E-state index is 13.0. The Labute approximate surface area is 230 Å². The number of esters is 1. The van der Waals surface area contributed by atoms with E-state index >= 15 is 0 Å². The molecule has 0 spiro atoms. The van der Waals surface area contributed by atoms with Gasteiger partial charge in [0.05, 0.1) is 29.7 Å². The van der Waals surface area contributed by atoms with Crippen molar-refractivity contribution in [3.05, 3.63) is 63.0 Å². The number of thiocarbonyl (C=S) groups is 1. The van der Waals surface area contributed by atoms with E-state index in [-0.39, 0.29) is 11.9 Å². The third kappa shape index (κ3) is 8.08. The number of rotatable bonds is 13. The zero-order valence-electron chi connectivity index (χ0n) is 20.5. The molecule has 1 amide bonds. The number of benzene rings is 2. The quantitative estimate of drug-likeness (QED) is 0.115. The lowest BCUT2D eigenvalue weighted by Crippen LogP contribution is -2.29. The molecule has 9 heteroatoms. The predicted octanol–water partition coefficient (Wildman–Crippen LogP) is 6.40. The van der Waals surface area contributed by atoms with Crippen LogP contribution in [0.25, 0.3) is 6.08 Å². The van der Waals surface area contributed by atoms with Crippen molar-refractivity contribution < 1.29 is 23.8 Å². The van der Waals surface area contributed by atoms with Crippen LogP contribution in [-0.4, -0.2) is 48.0 Å². The number of hydrogen-bond acceptors (Lipinski definition) is 7. The minimum Gasteiger partial charge on any atom is -0.490 e. The predicted molar refractivity (Wildman–Crippen MR) is 151 cm³/mol. The van der Waals surface area contributed by atoms with Crippen LogP contribution in [0.3, 0.4) is 0 Å². The molecule has 0 unspecified atom stereocenters. The van der Waals surface area contributed by atoms with Crippen LogP contribution in [0, 0.1) is 0 Å². The number of unbranched alkanes of at least 4 members (excludes halogenated alkanes) is 2. The molecule has 2 aromatic carbocycles. The Morgan fingerprint density at radius 3 is 2.64 bits per heavy atom. The highest BCUT2D eigenvalue weighted by molar-refractivity contribution is 9.10. The number of carbonyl (C=O) groups excluding carboxylic acids is 2. The van der Waals surface area contributed by atoms with Gasteiger partial charge in [-0.15, -0.1) is 0 Å². The fraction of sp³-hybridized carbons (Fsp3) is 0.370. The summed E-state index contributed by atoms with van der Waals surface area (Å²) in [5.74, 6) is 0.945. The fourth-order valence-corrected chi connectivity index (χ4v) is 5.53. The van der Waals surface area contributed by atoms with Gasteiger partial charge in [-0.3, -0.25) is 14.5 Å². The fourth-order valence-electron chi connectivity index (χ4n) is 3.65. The lowest BCUT2D eigenvalue weighted by molar-refractivity contribution is -0.140. The van der Waals surface area contributed by atoms with E-state index in [1.54, 1.807) is 4.90 Å². The number of ether oxygens (including phenoxy) is 3. The Hall–Kier alpha value is -2.36. The Balaban J connectivity index is 1.64. The first kappa shape index (κ1) is 28.2. The van der Waals surface area contributed by atoms with Crippen LogP contribution < -0.4 is 9.47 Å². The normalized spacial score (nSPS) is 14.4. The topological polar surface area (TPSA) is 65.1 Å². The molecule has 6 nitrogen and oxygen atoms in total. The van der Waals surface area contributed by atoms with Gasteiger partial charge in [0.15, 0.2) is 11.5 Å². The van der Waals surface area contributed by atoms with E-state index in [2.05, 4.69) is 32.8 Å². The van der Waals surface area contributed by atoms with Crippen LogP contribution in [0.15, 0.2) is 51.8 Å². The third-order valence-electron chi connectivity index (χ3n) is 5.47. The van der Waals surface area contributed by atoms with Crippen molar-refractivity contribution in [2.45, 2.75) is 39.0 Å². The molecular formula is C27H30BrNO5S2. The lowest BCUT2D eigenvalue weighted by atomic mass is 10.1. The molecule has 1 heterocycles. The van der Waals surface area contributed by atoms with Crippen molar-refractivity contribution in [2.75, 3.05) is 26.9 Å². The summed E-state index contributed by atoms with van der Waals surface area (Å²) in [5.41, 5.74) is 2.02. The number of carbonyl (C=O) groups is 2. The van der Waals surface area contributed by atoms with Crippen LogP contribution in [0.1, 0.15) is 43.7 Å². The van der Waals surface area contributed by atoms with Gasteiger partial charge in [0.25, 0.3) is 5.91 Å². The highest BCUT2D eigenvalue weighted by Crippen LogP contribution is 2.39. The van der Waals surface area contributed by atoms with Gasteiger partial charge in [0.2, 0.25) is 0 Å². The molecule has 0 saturated carbocycles. The van der Waals surface area contributed by atoms with E-state index < -0.39 is 0 Å². The molecule has 1 fully saturated rings. The number of nitrogens with zero attached hydrogens (tertiary/aromatic N) is 1. The van der Waals surface area contributed by atoms with Gasteiger partial charge >= 0.3 is 5.97 Å². The van der Waals surface area contributed by atoms with Crippen LogP contribution in [0.4, 0.5) is 0 Å². The Bertz CT molecular complexity index is 1110. The molecule has 0 bridgehead atoms. The monoisotopic (exact) mass is 591 g/mol. The zero-order chi connectivity index (χ0) is 25.9. The van der Waals surface area contributed by atoms with E-state index in [9.17, 15) is 9.59 Å². The first-order chi connectivity index (χ1) is 17.4. The smallest absolute Gasteiger partial charge is 0.305 e. The summed E-state index contributed by atoms with van der Waals surface area (Å²) in [7, 11) is 1.39. The van der Waals surface area contributed by atoms with Crippen molar-refractivity contribution >= 4 is 62.2 Å². The molecule has 0 aliphatic carbocycles. The van der Waals surface area contributed by atoms with Gasteiger partial charge < -0.3 is 14.2 Å². The summed E-state index contributed by atoms with van der Waals surface area (Å²) < 4.78 is 17.9. The summed E-state index contributed by atoms with van der Waals surface area (Å²) in [6, 6.07) is 14.0. The average molecular weight is 593 g/mol. The highest BCUT2D eigenvalue weighted by atomic mass is 79.9. The van der Waals surface area contributed by atoms with E-state index in [1.807, 2.05) is 43.3 Å². The summed E-state index contributed by atoms with van der Waals surface area (Å²) in [6.45, 7) is 3.46. The molecule has 36 heavy (non-hydrogen) atoms. The molecule has 2 aromatic rings. The SMILES string of the molecule is CCOc1cc(/C=C2\SC(=S)N(CCCCCC(=O)OC)C2=O)cc(Br)c1OCCc1ccccc1.